The van der Waals surface area contributed by atoms with Crippen LogP contribution in [-0.2, 0) is 16.1 Å². The van der Waals surface area contributed by atoms with E-state index in [1.165, 1.54) is 19.3 Å². The minimum absolute atomic E-state index is 0.0289. The quantitative estimate of drug-likeness (QED) is 0.832. The summed E-state index contributed by atoms with van der Waals surface area (Å²) in [5.41, 5.74) is 0.870. The van der Waals surface area contributed by atoms with Crippen LogP contribution in [0.15, 0.2) is 24.4 Å². The van der Waals surface area contributed by atoms with E-state index in [0.29, 0.717) is 12.4 Å². The normalized spacial score (nSPS) is 36.9. The second-order valence-corrected chi connectivity index (χ2v) is 7.43. The molecule has 3 nitrogen and oxygen atoms in total. The first-order valence-corrected chi connectivity index (χ1v) is 8.24. The number of pyridine rings is 1. The molecular weight excluding hydrogens is 262 g/mol. The molecule has 0 spiro atoms. The maximum Gasteiger partial charge on any atom is 0.164 e. The van der Waals surface area contributed by atoms with Crippen LogP contribution in [0.3, 0.4) is 0 Å². The van der Waals surface area contributed by atoms with Gasteiger partial charge < -0.3 is 4.74 Å². The van der Waals surface area contributed by atoms with E-state index < -0.39 is 0 Å². The van der Waals surface area contributed by atoms with Crippen molar-refractivity contribution < 1.29 is 9.53 Å². The summed E-state index contributed by atoms with van der Waals surface area (Å²) < 4.78 is 5.66. The Balaban J connectivity index is 1.37. The lowest BCUT2D eigenvalue weighted by molar-refractivity contribution is -0.149. The van der Waals surface area contributed by atoms with Gasteiger partial charge in [0.2, 0.25) is 0 Å². The number of carbonyl (C=O) groups excluding carboxylic acids is 1. The maximum absolute atomic E-state index is 12.7. The third kappa shape index (κ3) is 2.52. The van der Waals surface area contributed by atoms with Crippen LogP contribution in [0, 0.1) is 23.2 Å². The number of hydrogen-bond acceptors (Lipinski definition) is 3. The average Bonchev–Trinajstić information content (AvgIpc) is 2.47. The zero-order valence-electron chi connectivity index (χ0n) is 12.5. The van der Waals surface area contributed by atoms with Crippen molar-refractivity contribution in [3.05, 3.63) is 30.1 Å². The van der Waals surface area contributed by atoms with Gasteiger partial charge in [-0.15, -0.1) is 0 Å². The molecule has 4 fully saturated rings. The monoisotopic (exact) mass is 285 g/mol. The molecule has 4 bridgehead atoms. The minimum Gasteiger partial charge on any atom is -0.367 e. The van der Waals surface area contributed by atoms with E-state index in [9.17, 15) is 4.79 Å². The molecule has 0 radical (unpaired) electrons. The number of hydrogen-bond donors (Lipinski definition) is 0. The van der Waals surface area contributed by atoms with Crippen molar-refractivity contribution in [2.45, 2.75) is 45.1 Å². The average molecular weight is 285 g/mol. The lowest BCUT2D eigenvalue weighted by Gasteiger charge is -2.55. The lowest BCUT2D eigenvalue weighted by Crippen LogP contribution is -2.51. The van der Waals surface area contributed by atoms with E-state index in [2.05, 4.69) is 4.98 Å². The second-order valence-electron chi connectivity index (χ2n) is 7.43. The number of rotatable bonds is 5. The highest BCUT2D eigenvalue weighted by atomic mass is 16.5. The van der Waals surface area contributed by atoms with E-state index in [1.54, 1.807) is 6.20 Å². The first-order chi connectivity index (χ1) is 10.2. The number of carbonyl (C=O) groups is 1. The Morgan fingerprint density at radius 1 is 1.14 bits per heavy atom. The summed E-state index contributed by atoms with van der Waals surface area (Å²) in [5.74, 6) is 2.81. The molecule has 3 heteroatoms. The summed E-state index contributed by atoms with van der Waals surface area (Å²) in [4.78, 5) is 17.0. The van der Waals surface area contributed by atoms with Crippen LogP contribution in [-0.4, -0.2) is 17.4 Å². The minimum atomic E-state index is -0.0289. The molecule has 0 aromatic carbocycles. The van der Waals surface area contributed by atoms with Gasteiger partial charge in [0.25, 0.3) is 0 Å². The highest BCUT2D eigenvalue weighted by Gasteiger charge is 2.54. The molecule has 5 rings (SSSR count). The zero-order chi connectivity index (χ0) is 14.3. The molecule has 4 saturated carbocycles. The van der Waals surface area contributed by atoms with Crippen molar-refractivity contribution in [2.24, 2.45) is 23.2 Å². The van der Waals surface area contributed by atoms with Crippen molar-refractivity contribution in [3.63, 3.8) is 0 Å². The van der Waals surface area contributed by atoms with Crippen molar-refractivity contribution in [3.8, 4) is 0 Å². The highest BCUT2D eigenvalue weighted by molar-refractivity contribution is 5.86. The molecule has 1 heterocycles. The summed E-state index contributed by atoms with van der Waals surface area (Å²) in [5, 5.41) is 0. The number of Topliss-reactive ketones (excluding diaryl/α,β-unsaturated/α-hetero) is 1. The first kappa shape index (κ1) is 13.4. The van der Waals surface area contributed by atoms with E-state index >= 15 is 0 Å². The van der Waals surface area contributed by atoms with Gasteiger partial charge in [0, 0.05) is 11.6 Å². The molecule has 0 N–H and O–H groups in total. The largest absolute Gasteiger partial charge is 0.367 e. The van der Waals surface area contributed by atoms with Crippen LogP contribution in [0.2, 0.25) is 0 Å². The molecule has 0 amide bonds. The van der Waals surface area contributed by atoms with Crippen molar-refractivity contribution in [2.75, 3.05) is 6.61 Å². The SMILES string of the molecule is O=C(COCc1ccccn1)C12CC3CC(CC(C3)C1)C2. The molecule has 112 valence electrons. The van der Waals surface area contributed by atoms with Gasteiger partial charge >= 0.3 is 0 Å². The predicted molar refractivity (Wildman–Crippen MR) is 79.5 cm³/mol. The molecule has 1 aromatic heterocycles. The van der Waals surface area contributed by atoms with Crippen LogP contribution in [0.25, 0.3) is 0 Å². The van der Waals surface area contributed by atoms with Gasteiger partial charge in [-0.25, -0.2) is 0 Å². The summed E-state index contributed by atoms with van der Waals surface area (Å²) in [7, 11) is 0. The van der Waals surface area contributed by atoms with Crippen LogP contribution >= 0.6 is 0 Å². The Hall–Kier alpha value is -1.22. The Bertz CT molecular complexity index is 490. The molecule has 0 saturated heterocycles. The number of ether oxygens (including phenoxy) is 1. The van der Waals surface area contributed by atoms with Gasteiger partial charge in [-0.2, -0.15) is 0 Å². The van der Waals surface area contributed by atoms with Gasteiger partial charge in [0.15, 0.2) is 5.78 Å². The molecule has 21 heavy (non-hydrogen) atoms. The molecule has 4 aliphatic rings. The number of aromatic nitrogens is 1. The Labute approximate surface area is 126 Å². The van der Waals surface area contributed by atoms with Gasteiger partial charge in [0.05, 0.1) is 12.3 Å². The van der Waals surface area contributed by atoms with E-state index in [0.717, 1.165) is 42.7 Å². The molecule has 1 aromatic rings. The molecular formula is C18H23NO2. The molecule has 0 atom stereocenters. The summed E-state index contributed by atoms with van der Waals surface area (Å²) >= 11 is 0. The molecule has 0 unspecified atom stereocenters. The highest BCUT2D eigenvalue weighted by Crippen LogP contribution is 2.60. The number of nitrogens with zero attached hydrogens (tertiary/aromatic N) is 1. The predicted octanol–water partition coefficient (Wildman–Crippen LogP) is 3.38. The Morgan fingerprint density at radius 3 is 2.38 bits per heavy atom. The second kappa shape index (κ2) is 5.20. The van der Waals surface area contributed by atoms with Gasteiger partial charge in [-0.1, -0.05) is 6.07 Å². The first-order valence-electron chi connectivity index (χ1n) is 8.24. The standard InChI is InChI=1S/C18H23NO2/c20-17(12-21-11-16-3-1-2-4-19-16)18-8-13-5-14(9-18)7-15(6-13)10-18/h1-4,13-15H,5-12H2. The summed E-state index contributed by atoms with van der Waals surface area (Å²) in [6.45, 7) is 0.710. The van der Waals surface area contributed by atoms with Crippen molar-refractivity contribution in [1.29, 1.82) is 0 Å². The van der Waals surface area contributed by atoms with Crippen LogP contribution < -0.4 is 0 Å². The fraction of sp³-hybridized carbons (Fsp3) is 0.667. The third-order valence-electron chi connectivity index (χ3n) is 5.84. The third-order valence-corrected chi connectivity index (χ3v) is 5.84. The lowest BCUT2D eigenvalue weighted by atomic mass is 9.48. The van der Waals surface area contributed by atoms with E-state index in [4.69, 9.17) is 4.74 Å². The fourth-order valence-corrected chi connectivity index (χ4v) is 5.34. The Kier molecular flexibility index (Phi) is 3.33. The number of ketones is 1. The van der Waals surface area contributed by atoms with Crippen LogP contribution in [0.4, 0.5) is 0 Å². The smallest absolute Gasteiger partial charge is 0.164 e. The van der Waals surface area contributed by atoms with E-state index in [-0.39, 0.29) is 12.0 Å². The molecule has 0 aliphatic heterocycles. The topological polar surface area (TPSA) is 39.2 Å². The maximum atomic E-state index is 12.7. The van der Waals surface area contributed by atoms with Crippen molar-refractivity contribution in [1.82, 2.24) is 4.98 Å². The zero-order valence-corrected chi connectivity index (χ0v) is 12.5. The Morgan fingerprint density at radius 2 is 1.81 bits per heavy atom. The summed E-state index contributed by atoms with van der Waals surface area (Å²) in [6.07, 6.45) is 9.28. The van der Waals surface area contributed by atoms with Crippen molar-refractivity contribution >= 4 is 5.78 Å². The van der Waals surface area contributed by atoms with E-state index in [1.807, 2.05) is 18.2 Å². The fourth-order valence-electron chi connectivity index (χ4n) is 5.34. The summed E-state index contributed by atoms with van der Waals surface area (Å²) in [6, 6.07) is 5.78. The van der Waals surface area contributed by atoms with Gasteiger partial charge in [0.1, 0.15) is 6.61 Å². The van der Waals surface area contributed by atoms with Crippen LogP contribution in [0.5, 0.6) is 0 Å². The van der Waals surface area contributed by atoms with Gasteiger partial charge in [-0.3, -0.25) is 9.78 Å². The van der Waals surface area contributed by atoms with Crippen LogP contribution in [0.1, 0.15) is 44.2 Å². The van der Waals surface area contributed by atoms with Gasteiger partial charge in [-0.05, 0) is 68.4 Å². The molecule has 4 aliphatic carbocycles.